The minimum Gasteiger partial charge on any atom is -0.462 e. The van der Waals surface area contributed by atoms with Crippen LogP contribution in [0.1, 0.15) is 48.5 Å². The van der Waals surface area contributed by atoms with Gasteiger partial charge in [0.25, 0.3) is 5.91 Å². The van der Waals surface area contributed by atoms with Crippen LogP contribution in [0.5, 0.6) is 0 Å². The van der Waals surface area contributed by atoms with Crippen molar-refractivity contribution in [3.8, 4) is 0 Å². The Kier molecular flexibility index (Phi) is 5.69. The summed E-state index contributed by atoms with van der Waals surface area (Å²) in [7, 11) is 0. The number of benzene rings is 1. The zero-order chi connectivity index (χ0) is 18.4. The summed E-state index contributed by atoms with van der Waals surface area (Å²) in [6.07, 6.45) is 1.53. The fourth-order valence-corrected chi connectivity index (χ4v) is 1.98. The molecule has 7 heteroatoms. The average Bonchev–Trinajstić information content (AvgIpc) is 2.54. The van der Waals surface area contributed by atoms with Crippen LogP contribution in [-0.4, -0.2) is 34.0 Å². The molecule has 0 atom stereocenters. The number of nitrogens with zero attached hydrogens (tertiary/aromatic N) is 2. The van der Waals surface area contributed by atoms with Crippen molar-refractivity contribution in [2.75, 3.05) is 17.2 Å². The molecule has 1 heterocycles. The molecule has 2 rings (SSSR count). The van der Waals surface area contributed by atoms with Gasteiger partial charge in [0.2, 0.25) is 5.95 Å². The zero-order valence-corrected chi connectivity index (χ0v) is 14.8. The van der Waals surface area contributed by atoms with Crippen molar-refractivity contribution in [3.63, 3.8) is 0 Å². The third kappa shape index (κ3) is 5.56. The Morgan fingerprint density at radius 3 is 2.40 bits per heavy atom. The zero-order valence-electron chi connectivity index (χ0n) is 14.8. The predicted octanol–water partition coefficient (Wildman–Crippen LogP) is 3.12. The Balaban J connectivity index is 2.07. The van der Waals surface area contributed by atoms with Gasteiger partial charge in [0.15, 0.2) is 0 Å². The van der Waals surface area contributed by atoms with Crippen molar-refractivity contribution >= 4 is 23.5 Å². The van der Waals surface area contributed by atoms with Gasteiger partial charge in [-0.25, -0.2) is 14.8 Å². The van der Waals surface area contributed by atoms with Gasteiger partial charge in [-0.2, -0.15) is 0 Å². The number of aromatic nitrogens is 2. The lowest BCUT2D eigenvalue weighted by atomic mass is 10.1. The standard InChI is InChI=1S/C18H22N4O3/c1-5-25-16(24)12-6-8-13(9-7-12)20-15(23)14-10-11-19-17(21-14)22-18(2,3)4/h6-11H,5H2,1-4H3,(H,20,23)(H,19,21,22). The number of carbonyl (C=O) groups excluding carboxylic acids is 2. The topological polar surface area (TPSA) is 93.2 Å². The van der Waals surface area contributed by atoms with Crippen LogP contribution < -0.4 is 10.6 Å². The van der Waals surface area contributed by atoms with E-state index >= 15 is 0 Å². The molecule has 1 amide bonds. The first-order valence-corrected chi connectivity index (χ1v) is 7.98. The molecule has 25 heavy (non-hydrogen) atoms. The van der Waals surface area contributed by atoms with Gasteiger partial charge >= 0.3 is 5.97 Å². The van der Waals surface area contributed by atoms with Gasteiger partial charge in [0.1, 0.15) is 5.69 Å². The second kappa shape index (κ2) is 7.74. The van der Waals surface area contributed by atoms with E-state index in [0.29, 0.717) is 23.8 Å². The molecular weight excluding hydrogens is 320 g/mol. The van der Waals surface area contributed by atoms with Gasteiger partial charge in [0, 0.05) is 17.4 Å². The summed E-state index contributed by atoms with van der Waals surface area (Å²) in [5.74, 6) is -0.366. The van der Waals surface area contributed by atoms with Crippen molar-refractivity contribution in [2.24, 2.45) is 0 Å². The van der Waals surface area contributed by atoms with E-state index in [-0.39, 0.29) is 17.1 Å². The first kappa shape index (κ1) is 18.4. The van der Waals surface area contributed by atoms with E-state index in [9.17, 15) is 9.59 Å². The predicted molar refractivity (Wildman–Crippen MR) is 95.8 cm³/mol. The van der Waals surface area contributed by atoms with Crippen LogP contribution >= 0.6 is 0 Å². The summed E-state index contributed by atoms with van der Waals surface area (Å²) in [5, 5.41) is 5.86. The molecule has 132 valence electrons. The molecule has 2 aromatic rings. The molecule has 7 nitrogen and oxygen atoms in total. The van der Waals surface area contributed by atoms with Gasteiger partial charge in [-0.3, -0.25) is 4.79 Å². The Labute approximate surface area is 146 Å². The largest absolute Gasteiger partial charge is 0.462 e. The highest BCUT2D eigenvalue weighted by Gasteiger charge is 2.14. The number of hydrogen-bond donors (Lipinski definition) is 2. The number of esters is 1. The molecule has 1 aromatic carbocycles. The normalized spacial score (nSPS) is 10.9. The minimum absolute atomic E-state index is 0.210. The number of rotatable bonds is 5. The number of ether oxygens (including phenoxy) is 1. The lowest BCUT2D eigenvalue weighted by Gasteiger charge is -2.20. The van der Waals surface area contributed by atoms with Crippen LogP contribution in [-0.2, 0) is 4.74 Å². The van der Waals surface area contributed by atoms with Crippen LogP contribution in [0.25, 0.3) is 0 Å². The summed E-state index contributed by atoms with van der Waals surface area (Å²) >= 11 is 0. The molecule has 0 saturated heterocycles. The second-order valence-electron chi connectivity index (χ2n) is 6.39. The van der Waals surface area contributed by atoms with Crippen LogP contribution in [0.2, 0.25) is 0 Å². The van der Waals surface area contributed by atoms with Crippen LogP contribution in [0.15, 0.2) is 36.5 Å². The van der Waals surface area contributed by atoms with Crippen molar-refractivity contribution in [1.82, 2.24) is 9.97 Å². The summed E-state index contributed by atoms with van der Waals surface area (Å²) < 4.78 is 4.92. The van der Waals surface area contributed by atoms with Crippen molar-refractivity contribution < 1.29 is 14.3 Å². The van der Waals surface area contributed by atoms with Gasteiger partial charge in [0.05, 0.1) is 12.2 Å². The number of nitrogens with one attached hydrogen (secondary N) is 2. The molecule has 0 radical (unpaired) electrons. The molecule has 1 aromatic heterocycles. The molecule has 0 spiro atoms. The minimum atomic E-state index is -0.394. The van der Waals surface area contributed by atoms with E-state index in [1.165, 1.54) is 12.3 Å². The van der Waals surface area contributed by atoms with Gasteiger partial charge in [-0.1, -0.05) is 0 Å². The number of carbonyl (C=O) groups is 2. The molecule has 0 aliphatic heterocycles. The molecule has 0 saturated carbocycles. The third-order valence-corrected chi connectivity index (χ3v) is 3.03. The fraction of sp³-hybridized carbons (Fsp3) is 0.333. The Morgan fingerprint density at radius 2 is 1.80 bits per heavy atom. The third-order valence-electron chi connectivity index (χ3n) is 3.03. The Morgan fingerprint density at radius 1 is 1.12 bits per heavy atom. The quantitative estimate of drug-likeness (QED) is 0.811. The van der Waals surface area contributed by atoms with E-state index in [1.807, 2.05) is 20.8 Å². The summed E-state index contributed by atoms with van der Waals surface area (Å²) in [6, 6.07) is 8.01. The second-order valence-corrected chi connectivity index (χ2v) is 6.39. The molecule has 0 unspecified atom stereocenters. The Bertz CT molecular complexity index is 752. The Hall–Kier alpha value is -2.96. The summed E-state index contributed by atoms with van der Waals surface area (Å²) in [6.45, 7) is 8.00. The smallest absolute Gasteiger partial charge is 0.338 e. The first-order valence-electron chi connectivity index (χ1n) is 7.98. The highest BCUT2D eigenvalue weighted by molar-refractivity contribution is 6.03. The highest BCUT2D eigenvalue weighted by atomic mass is 16.5. The maximum Gasteiger partial charge on any atom is 0.338 e. The molecular formula is C18H22N4O3. The monoisotopic (exact) mass is 342 g/mol. The van der Waals surface area contributed by atoms with Gasteiger partial charge in [-0.15, -0.1) is 0 Å². The van der Waals surface area contributed by atoms with Gasteiger partial charge in [-0.05, 0) is 58.0 Å². The van der Waals surface area contributed by atoms with E-state index in [4.69, 9.17) is 4.74 Å². The SMILES string of the molecule is CCOC(=O)c1ccc(NC(=O)c2ccnc(NC(C)(C)C)n2)cc1. The fourth-order valence-electron chi connectivity index (χ4n) is 1.98. The molecule has 2 N–H and O–H groups in total. The summed E-state index contributed by atoms with van der Waals surface area (Å²) in [5.41, 5.74) is 1.02. The van der Waals surface area contributed by atoms with Crippen LogP contribution in [0, 0.1) is 0 Å². The maximum absolute atomic E-state index is 12.3. The lowest BCUT2D eigenvalue weighted by Crippen LogP contribution is -2.28. The van der Waals surface area contributed by atoms with Crippen molar-refractivity contribution in [1.29, 1.82) is 0 Å². The average molecular weight is 342 g/mol. The molecule has 0 bridgehead atoms. The van der Waals surface area contributed by atoms with E-state index in [2.05, 4.69) is 20.6 Å². The number of hydrogen-bond acceptors (Lipinski definition) is 6. The van der Waals surface area contributed by atoms with Crippen LogP contribution in [0.4, 0.5) is 11.6 Å². The lowest BCUT2D eigenvalue weighted by molar-refractivity contribution is 0.0526. The highest BCUT2D eigenvalue weighted by Crippen LogP contribution is 2.13. The first-order chi connectivity index (χ1) is 11.8. The van der Waals surface area contributed by atoms with Gasteiger partial charge < -0.3 is 15.4 Å². The molecule has 0 aliphatic carbocycles. The van der Waals surface area contributed by atoms with E-state index in [1.54, 1.807) is 31.2 Å². The summed E-state index contributed by atoms with van der Waals surface area (Å²) in [4.78, 5) is 32.3. The number of amides is 1. The molecule has 0 aliphatic rings. The maximum atomic E-state index is 12.3. The van der Waals surface area contributed by atoms with E-state index < -0.39 is 5.97 Å². The number of anilines is 2. The van der Waals surface area contributed by atoms with Crippen LogP contribution in [0.3, 0.4) is 0 Å². The van der Waals surface area contributed by atoms with E-state index in [0.717, 1.165) is 0 Å². The molecule has 0 fully saturated rings. The van der Waals surface area contributed by atoms with Crippen molar-refractivity contribution in [2.45, 2.75) is 33.2 Å². The van der Waals surface area contributed by atoms with Crippen molar-refractivity contribution in [3.05, 3.63) is 47.8 Å².